The van der Waals surface area contributed by atoms with Crippen molar-refractivity contribution in [2.24, 2.45) is 0 Å². The Bertz CT molecular complexity index is 280. The molecular weight excluding hydrogens is 488 g/mol. The molecule has 0 aromatic carbocycles. The molecule has 0 amide bonds. The van der Waals surface area contributed by atoms with E-state index < -0.39 is 30.9 Å². The first-order chi connectivity index (χ1) is 6.96. The Hall–Kier alpha value is 1.68. The van der Waals surface area contributed by atoms with E-state index in [4.69, 9.17) is 4.74 Å². The summed E-state index contributed by atoms with van der Waals surface area (Å²) in [6, 6.07) is 0. The molecule has 1 saturated heterocycles. The van der Waals surface area contributed by atoms with Gasteiger partial charge in [-0.15, -0.1) is 0 Å². The van der Waals surface area contributed by atoms with Gasteiger partial charge in [-0.25, -0.2) is 0 Å². The van der Waals surface area contributed by atoms with Crippen molar-refractivity contribution >= 4 is 63.7 Å². The van der Waals surface area contributed by atoms with Crippen LogP contribution in [0.25, 0.3) is 0 Å². The number of halogens is 4. The highest BCUT2D eigenvalue weighted by atomic mass is 79.9. The van der Waals surface area contributed by atoms with Crippen LogP contribution in [-0.2, 0) is 4.74 Å². The van der Waals surface area contributed by atoms with Crippen LogP contribution in [0.5, 0.6) is 0 Å². The van der Waals surface area contributed by atoms with Crippen LogP contribution >= 0.6 is 63.7 Å². The summed E-state index contributed by atoms with van der Waals surface area (Å²) in [5.41, 5.74) is 0. The molecule has 6 nitrogen and oxygen atoms in total. The largest absolute Gasteiger partial charge is 0.379 e. The third kappa shape index (κ3) is 2.15. The Morgan fingerprint density at radius 3 is 1.88 bits per heavy atom. The summed E-state index contributed by atoms with van der Waals surface area (Å²) in [6.07, 6.45) is -3.32. The van der Waals surface area contributed by atoms with Crippen LogP contribution in [-0.4, -0.2) is 56.5 Å². The monoisotopic (exact) mass is 492 g/mol. The van der Waals surface area contributed by atoms with E-state index in [1.54, 1.807) is 0 Å². The average molecular weight is 496 g/mol. The van der Waals surface area contributed by atoms with Gasteiger partial charge >= 0.3 is 0 Å². The van der Waals surface area contributed by atoms with Crippen molar-refractivity contribution < 1.29 is 30.3 Å². The second-order valence-corrected chi connectivity index (χ2v) is 7.75. The van der Waals surface area contributed by atoms with E-state index in [2.05, 4.69) is 63.7 Å². The van der Waals surface area contributed by atoms with E-state index in [0.717, 1.165) is 0 Å². The maximum Gasteiger partial charge on any atom is 0.213 e. The first-order valence-electron chi connectivity index (χ1n) is 3.85. The molecule has 1 fully saturated rings. The molecule has 2 unspecified atom stereocenters. The number of aliphatic hydroxyl groups is 5. The fraction of sp³-hybridized carbons (Fsp3) is 1.00. The van der Waals surface area contributed by atoms with Crippen LogP contribution in [0.1, 0.15) is 0 Å². The molecule has 1 aliphatic rings. The predicted molar refractivity (Wildman–Crippen MR) is 67.4 cm³/mol. The summed E-state index contributed by atoms with van der Waals surface area (Å²) in [6.45, 7) is 0. The van der Waals surface area contributed by atoms with Gasteiger partial charge in [-0.3, -0.25) is 0 Å². The fourth-order valence-corrected chi connectivity index (χ4v) is 3.78. The van der Waals surface area contributed by atoms with Crippen LogP contribution in [0.15, 0.2) is 0 Å². The second kappa shape index (κ2) is 4.66. The smallest absolute Gasteiger partial charge is 0.213 e. The highest BCUT2D eigenvalue weighted by Crippen LogP contribution is 2.54. The van der Waals surface area contributed by atoms with Gasteiger partial charge in [0.1, 0.15) is 11.1 Å². The summed E-state index contributed by atoms with van der Waals surface area (Å²) >= 11 is 10.8. The van der Waals surface area contributed by atoms with Crippen LogP contribution < -0.4 is 0 Å². The van der Waals surface area contributed by atoms with Crippen molar-refractivity contribution in [2.75, 3.05) is 0 Å². The SMILES string of the molecule is OC(Br)[C@H]1OC(O)[C@@](O)(Br)[C@](O)(Br)[C@@]1(O)Br. The third-order valence-corrected chi connectivity index (χ3v) is 6.90. The molecule has 6 atom stereocenters. The number of alkyl halides is 4. The maximum absolute atomic E-state index is 9.99. The third-order valence-electron chi connectivity index (χ3n) is 2.16. The topological polar surface area (TPSA) is 110 Å². The standard InChI is InChI=1S/C6H8Br4O6/c7-2(11)1-4(8,13)6(10,15)5(9,14)3(12)16-1/h1-3,11-15H/t1-,2?,3?,4-,5+,6+/m1/s1. The maximum atomic E-state index is 9.99. The summed E-state index contributed by atoms with van der Waals surface area (Å²) in [5, 5.41) is 47.1. The van der Waals surface area contributed by atoms with Gasteiger partial charge in [0.15, 0.2) is 10.8 Å². The molecular formula is C6H8Br4O6. The van der Waals surface area contributed by atoms with Crippen LogP contribution in [0, 0.1) is 0 Å². The summed E-state index contributed by atoms with van der Waals surface area (Å²) in [7, 11) is 0. The molecule has 96 valence electrons. The Morgan fingerprint density at radius 2 is 1.50 bits per heavy atom. The van der Waals surface area contributed by atoms with Gasteiger partial charge in [0.05, 0.1) is 0 Å². The molecule has 0 saturated carbocycles. The lowest BCUT2D eigenvalue weighted by atomic mass is 9.99. The van der Waals surface area contributed by atoms with E-state index in [1.807, 2.05) is 0 Å². The van der Waals surface area contributed by atoms with Crippen LogP contribution in [0.4, 0.5) is 0 Å². The van der Waals surface area contributed by atoms with Gasteiger partial charge in [0.25, 0.3) is 0 Å². The van der Waals surface area contributed by atoms with E-state index in [9.17, 15) is 25.5 Å². The minimum Gasteiger partial charge on any atom is -0.379 e. The highest BCUT2D eigenvalue weighted by molar-refractivity contribution is 9.14. The van der Waals surface area contributed by atoms with E-state index in [0.29, 0.717) is 0 Å². The van der Waals surface area contributed by atoms with Crippen molar-refractivity contribution in [1.29, 1.82) is 0 Å². The first-order valence-corrected chi connectivity index (χ1v) is 7.15. The Kier molecular flexibility index (Phi) is 4.58. The van der Waals surface area contributed by atoms with E-state index >= 15 is 0 Å². The summed E-state index contributed by atoms with van der Waals surface area (Å²) < 4.78 is -2.27. The average Bonchev–Trinajstić information content (AvgIpc) is 2.10. The van der Waals surface area contributed by atoms with E-state index in [-0.39, 0.29) is 0 Å². The summed E-state index contributed by atoms with van der Waals surface area (Å²) in [4.78, 5) is 0. The second-order valence-electron chi connectivity index (χ2n) is 3.25. The molecule has 0 bridgehead atoms. The van der Waals surface area contributed by atoms with Gasteiger partial charge in [-0.2, -0.15) is 0 Å². The molecule has 1 heterocycles. The molecule has 10 heteroatoms. The lowest BCUT2D eigenvalue weighted by molar-refractivity contribution is -0.315. The number of rotatable bonds is 1. The zero-order chi connectivity index (χ0) is 12.9. The van der Waals surface area contributed by atoms with Gasteiger partial charge < -0.3 is 30.3 Å². The predicted octanol–water partition coefficient (Wildman–Crippen LogP) is -0.333. The Morgan fingerprint density at radius 1 is 1.06 bits per heavy atom. The lowest BCUT2D eigenvalue weighted by Gasteiger charge is -2.53. The van der Waals surface area contributed by atoms with E-state index in [1.165, 1.54) is 0 Å². The molecule has 0 spiro atoms. The van der Waals surface area contributed by atoms with Crippen LogP contribution in [0.2, 0.25) is 0 Å². The first kappa shape index (κ1) is 15.7. The number of hydrogen-bond acceptors (Lipinski definition) is 6. The zero-order valence-corrected chi connectivity index (χ0v) is 13.7. The molecule has 1 aliphatic heterocycles. The lowest BCUT2D eigenvalue weighted by Crippen LogP contribution is -2.74. The number of hydrogen-bond donors (Lipinski definition) is 5. The van der Waals surface area contributed by atoms with Gasteiger partial charge in [-0.1, -0.05) is 15.9 Å². The molecule has 5 N–H and O–H groups in total. The summed E-state index contributed by atoms with van der Waals surface area (Å²) in [5.74, 6) is 0. The van der Waals surface area contributed by atoms with Gasteiger partial charge in [-0.05, 0) is 47.8 Å². The van der Waals surface area contributed by atoms with Crippen molar-refractivity contribution in [3.8, 4) is 0 Å². The molecule has 0 aromatic rings. The van der Waals surface area contributed by atoms with Crippen molar-refractivity contribution in [2.45, 2.75) is 30.9 Å². The van der Waals surface area contributed by atoms with Gasteiger partial charge in [0, 0.05) is 0 Å². The van der Waals surface area contributed by atoms with Gasteiger partial charge in [0.2, 0.25) is 9.02 Å². The molecule has 0 aromatic heterocycles. The van der Waals surface area contributed by atoms with Crippen LogP contribution in [0.3, 0.4) is 0 Å². The molecule has 0 aliphatic carbocycles. The van der Waals surface area contributed by atoms with Crippen molar-refractivity contribution in [1.82, 2.24) is 0 Å². The number of ether oxygens (including phenoxy) is 1. The highest BCUT2D eigenvalue weighted by Gasteiger charge is 2.71. The minimum atomic E-state index is -2.41. The van der Waals surface area contributed by atoms with Crippen molar-refractivity contribution in [3.05, 3.63) is 0 Å². The normalized spacial score (nSPS) is 56.1. The fourth-order valence-electron chi connectivity index (χ4n) is 1.16. The minimum absolute atomic E-state index is 1.39. The Balaban J connectivity index is 3.21. The molecule has 1 rings (SSSR count). The molecule has 16 heavy (non-hydrogen) atoms. The van der Waals surface area contributed by atoms with Crippen molar-refractivity contribution in [3.63, 3.8) is 0 Å². The molecule has 0 radical (unpaired) electrons. The zero-order valence-electron chi connectivity index (χ0n) is 7.39. The Labute approximate surface area is 124 Å². The quantitative estimate of drug-likeness (QED) is 0.319. The number of aliphatic hydroxyl groups excluding tert-OH is 2.